The van der Waals surface area contributed by atoms with Crippen LogP contribution in [-0.2, 0) is 4.79 Å². The molecule has 27 heavy (non-hydrogen) atoms. The van der Waals surface area contributed by atoms with Gasteiger partial charge >= 0.3 is 0 Å². The van der Waals surface area contributed by atoms with E-state index < -0.39 is 0 Å². The quantitative estimate of drug-likeness (QED) is 0.797. The molecule has 0 saturated heterocycles. The molecule has 144 valence electrons. The van der Waals surface area contributed by atoms with E-state index in [4.69, 9.17) is 21.1 Å². The van der Waals surface area contributed by atoms with E-state index in [0.29, 0.717) is 12.2 Å². The van der Waals surface area contributed by atoms with Crippen LogP contribution in [0.2, 0.25) is 5.02 Å². The molecular weight excluding hydrogens is 362 g/mol. The van der Waals surface area contributed by atoms with E-state index in [2.05, 4.69) is 5.32 Å². The van der Waals surface area contributed by atoms with E-state index in [0.717, 1.165) is 33.0 Å². The summed E-state index contributed by atoms with van der Waals surface area (Å²) in [6.07, 6.45) is 0.702. The molecule has 0 saturated carbocycles. The lowest BCUT2D eigenvalue weighted by molar-refractivity contribution is -0.124. The number of carbonyl (C=O) groups excluding carboxylic acids is 1. The van der Waals surface area contributed by atoms with Gasteiger partial charge in [-0.25, -0.2) is 0 Å². The van der Waals surface area contributed by atoms with E-state index in [1.807, 2.05) is 65.0 Å². The van der Waals surface area contributed by atoms with Gasteiger partial charge in [0.25, 0.3) is 5.91 Å². The zero-order valence-corrected chi connectivity index (χ0v) is 17.2. The minimum atomic E-state index is -0.343. The Hall–Kier alpha value is -2.20. The van der Waals surface area contributed by atoms with Gasteiger partial charge in [-0.3, -0.25) is 4.79 Å². The summed E-state index contributed by atoms with van der Waals surface area (Å²) in [5, 5.41) is 3.82. The summed E-state index contributed by atoms with van der Waals surface area (Å²) in [5.74, 6) is 1.32. The van der Waals surface area contributed by atoms with Crippen molar-refractivity contribution in [1.29, 1.82) is 0 Å². The molecule has 0 bridgehead atoms. The maximum atomic E-state index is 12.5. The highest BCUT2D eigenvalue weighted by Crippen LogP contribution is 2.39. The largest absolute Gasteiger partial charge is 0.487 e. The second-order valence-electron chi connectivity index (χ2n) is 7.89. The number of halogens is 1. The Kier molecular flexibility index (Phi) is 5.38. The van der Waals surface area contributed by atoms with E-state index in [-0.39, 0.29) is 24.2 Å². The summed E-state index contributed by atoms with van der Waals surface area (Å²) < 4.78 is 11.8. The molecule has 0 spiro atoms. The molecule has 1 atom stereocenters. The van der Waals surface area contributed by atoms with Gasteiger partial charge in [-0.2, -0.15) is 0 Å². The van der Waals surface area contributed by atoms with Gasteiger partial charge < -0.3 is 14.8 Å². The van der Waals surface area contributed by atoms with Crippen molar-refractivity contribution in [2.24, 2.45) is 0 Å². The van der Waals surface area contributed by atoms with Crippen molar-refractivity contribution in [3.8, 4) is 11.5 Å². The minimum Gasteiger partial charge on any atom is -0.487 e. The lowest BCUT2D eigenvalue weighted by Crippen LogP contribution is -2.42. The van der Waals surface area contributed by atoms with Gasteiger partial charge in [-0.05, 0) is 69.5 Å². The molecule has 5 heteroatoms. The summed E-state index contributed by atoms with van der Waals surface area (Å²) in [6, 6.07) is 9.67. The number of hydrogen-bond donors (Lipinski definition) is 1. The van der Waals surface area contributed by atoms with Crippen LogP contribution in [0, 0.1) is 20.8 Å². The van der Waals surface area contributed by atoms with E-state index in [1.54, 1.807) is 0 Å². The zero-order chi connectivity index (χ0) is 19.8. The maximum Gasteiger partial charge on any atom is 0.258 e. The Morgan fingerprint density at radius 1 is 1.22 bits per heavy atom. The van der Waals surface area contributed by atoms with Gasteiger partial charge in [0.1, 0.15) is 17.1 Å². The molecule has 1 amide bonds. The fourth-order valence-corrected chi connectivity index (χ4v) is 3.57. The van der Waals surface area contributed by atoms with Crippen molar-refractivity contribution in [1.82, 2.24) is 5.32 Å². The van der Waals surface area contributed by atoms with Crippen molar-refractivity contribution < 1.29 is 14.3 Å². The average molecular weight is 388 g/mol. The predicted molar refractivity (Wildman–Crippen MR) is 108 cm³/mol. The van der Waals surface area contributed by atoms with Gasteiger partial charge in [-0.15, -0.1) is 0 Å². The first kappa shape index (κ1) is 19.6. The second-order valence-corrected chi connectivity index (χ2v) is 8.26. The fraction of sp³-hybridized carbons (Fsp3) is 0.409. The van der Waals surface area contributed by atoms with Crippen LogP contribution in [0.4, 0.5) is 0 Å². The normalized spacial score (nSPS) is 17.6. The van der Waals surface area contributed by atoms with Gasteiger partial charge in [0, 0.05) is 17.0 Å². The van der Waals surface area contributed by atoms with Gasteiger partial charge in [-0.1, -0.05) is 23.7 Å². The third-order valence-electron chi connectivity index (χ3n) is 4.74. The van der Waals surface area contributed by atoms with Crippen LogP contribution < -0.4 is 14.8 Å². The number of nitrogens with one attached hydrogen (secondary N) is 1. The number of amides is 1. The van der Waals surface area contributed by atoms with Crippen molar-refractivity contribution in [3.05, 3.63) is 57.6 Å². The third-order valence-corrected chi connectivity index (χ3v) is 5.34. The Labute approximate surface area is 165 Å². The SMILES string of the molecule is Cc1ccc2c(c1)OC(C)(C)C[C@@H]2NC(=O)COc1cc(C)c(Cl)c(C)c1. The van der Waals surface area contributed by atoms with Crippen molar-refractivity contribution in [3.63, 3.8) is 0 Å². The molecule has 0 aromatic heterocycles. The smallest absolute Gasteiger partial charge is 0.258 e. The highest BCUT2D eigenvalue weighted by molar-refractivity contribution is 6.32. The number of fused-ring (bicyclic) bond motifs is 1. The summed E-state index contributed by atoms with van der Waals surface area (Å²) >= 11 is 6.18. The number of benzene rings is 2. The van der Waals surface area contributed by atoms with Crippen LogP contribution in [-0.4, -0.2) is 18.1 Å². The van der Waals surface area contributed by atoms with E-state index in [1.165, 1.54) is 0 Å². The first-order valence-electron chi connectivity index (χ1n) is 9.13. The molecule has 1 N–H and O–H groups in total. The van der Waals surface area contributed by atoms with Gasteiger partial charge in [0.2, 0.25) is 0 Å². The van der Waals surface area contributed by atoms with E-state index >= 15 is 0 Å². The average Bonchev–Trinajstić information content (AvgIpc) is 2.56. The molecule has 3 rings (SSSR count). The summed E-state index contributed by atoms with van der Waals surface area (Å²) in [7, 11) is 0. The zero-order valence-electron chi connectivity index (χ0n) is 16.5. The summed E-state index contributed by atoms with van der Waals surface area (Å²) in [6.45, 7) is 9.90. The Morgan fingerprint density at radius 3 is 2.56 bits per heavy atom. The van der Waals surface area contributed by atoms with Crippen LogP contribution in [0.25, 0.3) is 0 Å². The van der Waals surface area contributed by atoms with Crippen LogP contribution in [0.3, 0.4) is 0 Å². The lowest BCUT2D eigenvalue weighted by Gasteiger charge is -2.38. The van der Waals surface area contributed by atoms with E-state index in [9.17, 15) is 4.79 Å². The van der Waals surface area contributed by atoms with Crippen LogP contribution >= 0.6 is 11.6 Å². The molecule has 2 aromatic rings. The van der Waals surface area contributed by atoms with Crippen LogP contribution in [0.5, 0.6) is 11.5 Å². The molecule has 0 aliphatic carbocycles. The van der Waals surface area contributed by atoms with Crippen LogP contribution in [0.1, 0.15) is 48.6 Å². The Morgan fingerprint density at radius 2 is 1.89 bits per heavy atom. The first-order valence-corrected chi connectivity index (χ1v) is 9.51. The fourth-order valence-electron chi connectivity index (χ4n) is 3.46. The maximum absolute atomic E-state index is 12.5. The second kappa shape index (κ2) is 7.43. The molecule has 0 fully saturated rings. The summed E-state index contributed by atoms with van der Waals surface area (Å²) in [4.78, 5) is 12.5. The van der Waals surface area contributed by atoms with Gasteiger partial charge in [0.15, 0.2) is 6.61 Å². The third kappa shape index (κ3) is 4.56. The van der Waals surface area contributed by atoms with Crippen molar-refractivity contribution in [2.75, 3.05) is 6.61 Å². The Balaban J connectivity index is 1.69. The molecule has 1 aliphatic rings. The predicted octanol–water partition coefficient (Wildman–Crippen LogP) is 5.06. The number of ether oxygens (including phenoxy) is 2. The topological polar surface area (TPSA) is 47.6 Å². The number of hydrogen-bond acceptors (Lipinski definition) is 3. The number of carbonyl (C=O) groups is 1. The standard InChI is InChI=1S/C22H26ClNO3/c1-13-6-7-17-18(11-22(4,5)27-19(17)8-13)24-20(25)12-26-16-9-14(2)21(23)15(3)10-16/h6-10,18H,11-12H2,1-5H3,(H,24,25)/t18-/m0/s1. The number of aryl methyl sites for hydroxylation is 3. The monoisotopic (exact) mass is 387 g/mol. The van der Waals surface area contributed by atoms with Crippen LogP contribution in [0.15, 0.2) is 30.3 Å². The molecular formula is C22H26ClNO3. The van der Waals surface area contributed by atoms with Gasteiger partial charge in [0.05, 0.1) is 6.04 Å². The van der Waals surface area contributed by atoms with Crippen molar-refractivity contribution >= 4 is 17.5 Å². The molecule has 0 radical (unpaired) electrons. The number of rotatable bonds is 4. The molecule has 2 aromatic carbocycles. The summed E-state index contributed by atoms with van der Waals surface area (Å²) in [5.41, 5.74) is 3.66. The minimum absolute atomic E-state index is 0.0422. The first-order chi connectivity index (χ1) is 12.6. The lowest BCUT2D eigenvalue weighted by atomic mass is 9.89. The van der Waals surface area contributed by atoms with Crippen molar-refractivity contribution in [2.45, 2.75) is 52.7 Å². The molecule has 1 heterocycles. The molecule has 4 nitrogen and oxygen atoms in total. The highest BCUT2D eigenvalue weighted by Gasteiger charge is 2.34. The highest BCUT2D eigenvalue weighted by atomic mass is 35.5. The molecule has 0 unspecified atom stereocenters. The molecule has 1 aliphatic heterocycles. The Bertz CT molecular complexity index is 853.